The Morgan fingerprint density at radius 1 is 1.40 bits per heavy atom. The molecule has 1 aromatic rings. The van der Waals surface area contributed by atoms with Crippen molar-refractivity contribution in [3.05, 3.63) is 35.1 Å². The van der Waals surface area contributed by atoms with Gasteiger partial charge in [0.15, 0.2) is 0 Å². The smallest absolute Gasteiger partial charge is 0.212 e. The van der Waals surface area contributed by atoms with E-state index in [9.17, 15) is 12.8 Å². The summed E-state index contributed by atoms with van der Waals surface area (Å²) in [6.45, 7) is 0.166. The predicted octanol–water partition coefficient (Wildman–Crippen LogP) is 0.965. The van der Waals surface area contributed by atoms with Crippen molar-refractivity contribution in [2.75, 3.05) is 12.3 Å². The molecule has 2 rings (SSSR count). The van der Waals surface area contributed by atoms with Gasteiger partial charge in [0.05, 0.1) is 12.3 Å². The first-order valence-electron chi connectivity index (χ1n) is 6.45. The molecule has 0 heterocycles. The lowest BCUT2D eigenvalue weighted by atomic mass is 10.1. The van der Waals surface area contributed by atoms with Gasteiger partial charge in [0.25, 0.3) is 0 Å². The van der Waals surface area contributed by atoms with Crippen molar-refractivity contribution >= 4 is 10.0 Å². The van der Waals surface area contributed by atoms with E-state index in [1.807, 2.05) is 0 Å². The molecule has 0 saturated heterocycles. The highest BCUT2D eigenvalue weighted by atomic mass is 32.2. The average Bonchev–Trinajstić information content (AvgIpc) is 3.19. The van der Waals surface area contributed by atoms with Crippen LogP contribution in [0.1, 0.15) is 24.0 Å². The third-order valence-corrected chi connectivity index (χ3v) is 4.51. The van der Waals surface area contributed by atoms with E-state index in [1.54, 1.807) is 6.07 Å². The van der Waals surface area contributed by atoms with Gasteiger partial charge in [0.2, 0.25) is 10.0 Å². The van der Waals surface area contributed by atoms with Crippen molar-refractivity contribution in [2.24, 2.45) is 11.7 Å². The van der Waals surface area contributed by atoms with Gasteiger partial charge in [-0.15, -0.1) is 0 Å². The standard InChI is InChI=1S/C14H17FN2O2S/c15-14-6-5-11(2-1-7-16)8-13(14)9-17-20(18,19)10-12-3-4-12/h5-6,8,12,17H,3-4,7,9-10,16H2. The fourth-order valence-electron chi connectivity index (χ4n) is 1.78. The number of sulfonamides is 1. The molecule has 0 atom stereocenters. The third-order valence-electron chi connectivity index (χ3n) is 3.02. The van der Waals surface area contributed by atoms with Crippen LogP contribution in [-0.2, 0) is 16.6 Å². The summed E-state index contributed by atoms with van der Waals surface area (Å²) in [6, 6.07) is 4.36. The molecule has 6 heteroatoms. The average molecular weight is 296 g/mol. The highest BCUT2D eigenvalue weighted by Crippen LogP contribution is 2.30. The van der Waals surface area contributed by atoms with Gasteiger partial charge in [-0.05, 0) is 37.0 Å². The molecule has 20 heavy (non-hydrogen) atoms. The van der Waals surface area contributed by atoms with Crippen molar-refractivity contribution in [2.45, 2.75) is 19.4 Å². The molecule has 0 unspecified atom stereocenters. The normalized spacial score (nSPS) is 14.7. The second kappa shape index (κ2) is 6.35. The van der Waals surface area contributed by atoms with Gasteiger partial charge in [-0.2, -0.15) is 0 Å². The Balaban J connectivity index is 2.04. The molecule has 1 aromatic carbocycles. The second-order valence-electron chi connectivity index (χ2n) is 4.86. The minimum absolute atomic E-state index is 0.0565. The molecule has 0 aromatic heterocycles. The monoisotopic (exact) mass is 296 g/mol. The Morgan fingerprint density at radius 3 is 2.80 bits per heavy atom. The Morgan fingerprint density at radius 2 is 2.15 bits per heavy atom. The fourth-order valence-corrected chi connectivity index (χ4v) is 3.23. The third kappa shape index (κ3) is 4.60. The van der Waals surface area contributed by atoms with E-state index in [2.05, 4.69) is 16.6 Å². The van der Waals surface area contributed by atoms with Gasteiger partial charge in [-0.3, -0.25) is 0 Å². The molecule has 1 saturated carbocycles. The lowest BCUT2D eigenvalue weighted by Gasteiger charge is -2.07. The number of halogens is 1. The summed E-state index contributed by atoms with van der Waals surface area (Å²) in [5, 5.41) is 0. The molecule has 1 aliphatic carbocycles. The number of hydrogen-bond donors (Lipinski definition) is 2. The number of nitrogens with two attached hydrogens (primary N) is 1. The maximum absolute atomic E-state index is 13.6. The SMILES string of the molecule is NCC#Cc1ccc(F)c(CNS(=O)(=O)CC2CC2)c1. The summed E-state index contributed by atoms with van der Waals surface area (Å²) in [7, 11) is -3.34. The molecule has 1 fully saturated rings. The van der Waals surface area contributed by atoms with Gasteiger partial charge in [-0.25, -0.2) is 17.5 Å². The first-order chi connectivity index (χ1) is 9.50. The summed E-state index contributed by atoms with van der Waals surface area (Å²) in [6.07, 6.45) is 1.92. The summed E-state index contributed by atoms with van der Waals surface area (Å²) >= 11 is 0. The van der Waals surface area contributed by atoms with Crippen LogP contribution in [0.5, 0.6) is 0 Å². The van der Waals surface area contributed by atoms with Gasteiger partial charge < -0.3 is 5.73 Å². The lowest BCUT2D eigenvalue weighted by molar-refractivity contribution is 0.571. The maximum atomic E-state index is 13.6. The fraction of sp³-hybridized carbons (Fsp3) is 0.429. The molecular weight excluding hydrogens is 279 g/mol. The topological polar surface area (TPSA) is 72.2 Å². The van der Waals surface area contributed by atoms with Crippen molar-refractivity contribution in [3.8, 4) is 11.8 Å². The van der Waals surface area contributed by atoms with Crippen LogP contribution in [0.25, 0.3) is 0 Å². The lowest BCUT2D eigenvalue weighted by Crippen LogP contribution is -2.27. The Kier molecular flexibility index (Phi) is 4.76. The van der Waals surface area contributed by atoms with Crippen LogP contribution in [0.3, 0.4) is 0 Å². The Bertz CT molecular complexity index is 643. The van der Waals surface area contributed by atoms with E-state index < -0.39 is 15.8 Å². The highest BCUT2D eigenvalue weighted by Gasteiger charge is 2.27. The van der Waals surface area contributed by atoms with Crippen LogP contribution < -0.4 is 10.5 Å². The predicted molar refractivity (Wildman–Crippen MR) is 75.7 cm³/mol. The molecule has 0 spiro atoms. The van der Waals surface area contributed by atoms with Crippen molar-refractivity contribution < 1.29 is 12.8 Å². The van der Waals surface area contributed by atoms with E-state index in [0.717, 1.165) is 12.8 Å². The van der Waals surface area contributed by atoms with Crippen molar-refractivity contribution in [1.29, 1.82) is 0 Å². The zero-order valence-electron chi connectivity index (χ0n) is 11.0. The van der Waals surface area contributed by atoms with Gasteiger partial charge in [0, 0.05) is 17.7 Å². The van der Waals surface area contributed by atoms with Gasteiger partial charge in [0.1, 0.15) is 5.82 Å². The molecule has 0 radical (unpaired) electrons. The quantitative estimate of drug-likeness (QED) is 0.795. The van der Waals surface area contributed by atoms with Crippen molar-refractivity contribution in [1.82, 2.24) is 4.72 Å². The van der Waals surface area contributed by atoms with Crippen molar-refractivity contribution in [3.63, 3.8) is 0 Å². The van der Waals surface area contributed by atoms with Crippen LogP contribution in [0.4, 0.5) is 4.39 Å². The van der Waals surface area contributed by atoms with Crippen LogP contribution in [0.15, 0.2) is 18.2 Å². The first-order valence-corrected chi connectivity index (χ1v) is 8.10. The molecular formula is C14H17FN2O2S. The van der Waals surface area contributed by atoms with Crippen LogP contribution >= 0.6 is 0 Å². The van der Waals surface area contributed by atoms with E-state index >= 15 is 0 Å². The van der Waals surface area contributed by atoms with Gasteiger partial charge >= 0.3 is 0 Å². The molecule has 0 aliphatic heterocycles. The number of rotatable bonds is 5. The Labute approximate surface area is 118 Å². The first kappa shape index (κ1) is 15.0. The van der Waals surface area contributed by atoms with Crippen LogP contribution in [-0.4, -0.2) is 20.7 Å². The molecule has 3 N–H and O–H groups in total. The minimum Gasteiger partial charge on any atom is -0.320 e. The molecule has 0 bridgehead atoms. The number of nitrogens with one attached hydrogen (secondary N) is 1. The van der Waals surface area contributed by atoms with Gasteiger partial charge in [-0.1, -0.05) is 11.8 Å². The van der Waals surface area contributed by atoms with E-state index in [0.29, 0.717) is 5.56 Å². The molecule has 1 aliphatic rings. The number of hydrogen-bond acceptors (Lipinski definition) is 3. The summed E-state index contributed by atoms with van der Waals surface area (Å²) in [5.41, 5.74) is 6.18. The molecule has 4 nitrogen and oxygen atoms in total. The summed E-state index contributed by atoms with van der Waals surface area (Å²) in [5.74, 6) is 5.41. The zero-order chi connectivity index (χ0) is 14.6. The largest absolute Gasteiger partial charge is 0.320 e. The highest BCUT2D eigenvalue weighted by molar-refractivity contribution is 7.89. The molecule has 108 valence electrons. The van der Waals surface area contributed by atoms with E-state index in [4.69, 9.17) is 5.73 Å². The molecule has 0 amide bonds. The van der Waals surface area contributed by atoms with E-state index in [1.165, 1.54) is 12.1 Å². The second-order valence-corrected chi connectivity index (χ2v) is 6.71. The van der Waals surface area contributed by atoms with E-state index in [-0.39, 0.29) is 30.3 Å². The summed E-state index contributed by atoms with van der Waals surface area (Å²) in [4.78, 5) is 0. The minimum atomic E-state index is -3.34. The summed E-state index contributed by atoms with van der Waals surface area (Å²) < 4.78 is 39.6. The zero-order valence-corrected chi connectivity index (χ0v) is 11.8. The number of benzene rings is 1. The Hall–Kier alpha value is -1.42. The van der Waals surface area contributed by atoms with Crippen LogP contribution in [0.2, 0.25) is 0 Å². The van der Waals surface area contributed by atoms with Crippen LogP contribution in [0, 0.1) is 23.6 Å². The maximum Gasteiger partial charge on any atom is 0.212 e.